The molecule has 0 saturated carbocycles. The molecule has 2 saturated heterocycles. The van der Waals surface area contributed by atoms with Gasteiger partial charge in [0, 0.05) is 39.2 Å². The van der Waals surface area contributed by atoms with Crippen LogP contribution in [0.3, 0.4) is 0 Å². The Morgan fingerprint density at radius 2 is 1.36 bits per heavy atom. The van der Waals surface area contributed by atoms with Crippen molar-refractivity contribution in [2.24, 2.45) is 17.8 Å². The van der Waals surface area contributed by atoms with Crippen molar-refractivity contribution >= 4 is 27.4 Å². The molecule has 2 fully saturated rings. The Balaban J connectivity index is 1.16. The van der Waals surface area contributed by atoms with E-state index < -0.39 is 5.60 Å². The smallest absolute Gasteiger partial charge is 0.306 e. The van der Waals surface area contributed by atoms with E-state index >= 15 is 0 Å². The van der Waals surface area contributed by atoms with Crippen LogP contribution in [0.4, 0.5) is 0 Å². The fourth-order valence-corrected chi connectivity index (χ4v) is 9.45. The first-order valence-corrected chi connectivity index (χ1v) is 17.4. The van der Waals surface area contributed by atoms with Crippen LogP contribution in [0.2, 0.25) is 0 Å². The van der Waals surface area contributed by atoms with Crippen LogP contribution in [-0.2, 0) is 37.0 Å². The molecule has 7 nitrogen and oxygen atoms in total. The molecule has 0 N–H and O–H groups in total. The molecule has 3 heterocycles. The van der Waals surface area contributed by atoms with Crippen molar-refractivity contribution in [2.45, 2.75) is 70.1 Å². The van der Waals surface area contributed by atoms with Gasteiger partial charge in [-0.25, -0.2) is 0 Å². The highest BCUT2D eigenvalue weighted by Gasteiger charge is 2.65. The molecule has 7 atom stereocenters. The van der Waals surface area contributed by atoms with Crippen molar-refractivity contribution < 1.29 is 33.2 Å². The molecule has 3 aliphatic rings. The van der Waals surface area contributed by atoms with Crippen LogP contribution in [-0.4, -0.2) is 51.2 Å². The summed E-state index contributed by atoms with van der Waals surface area (Å²) in [6, 6.07) is 24.7. The number of hydrogen-bond acceptors (Lipinski definition) is 8. The summed E-state index contributed by atoms with van der Waals surface area (Å²) in [6.45, 7) is 7.94. The highest BCUT2D eigenvalue weighted by molar-refractivity contribution is 7.19. The molecular formula is C39H44O7S. The summed E-state index contributed by atoms with van der Waals surface area (Å²) >= 11 is 1.84. The zero-order valence-electron chi connectivity index (χ0n) is 27.8. The van der Waals surface area contributed by atoms with Gasteiger partial charge in [0.15, 0.2) is 0 Å². The number of rotatable bonds is 12. The van der Waals surface area contributed by atoms with Crippen molar-refractivity contribution in [1.29, 1.82) is 0 Å². The Kier molecular flexibility index (Phi) is 9.04. The van der Waals surface area contributed by atoms with Crippen LogP contribution in [0.5, 0.6) is 11.5 Å². The van der Waals surface area contributed by atoms with E-state index in [-0.39, 0.29) is 47.8 Å². The molecule has 8 heteroatoms. The van der Waals surface area contributed by atoms with Crippen LogP contribution in [0.25, 0.3) is 10.1 Å². The monoisotopic (exact) mass is 656 g/mol. The quantitative estimate of drug-likeness (QED) is 0.144. The minimum Gasteiger partial charge on any atom is -0.497 e. The Labute approximate surface area is 281 Å². The Morgan fingerprint density at radius 1 is 0.787 bits per heavy atom. The first-order valence-electron chi connectivity index (χ1n) is 16.5. The number of fused-ring (bicyclic) bond motifs is 9. The van der Waals surface area contributed by atoms with Gasteiger partial charge < -0.3 is 28.4 Å². The van der Waals surface area contributed by atoms with Crippen LogP contribution in [0.15, 0.2) is 72.8 Å². The molecule has 0 radical (unpaired) electrons. The molecule has 7 rings (SSSR count). The summed E-state index contributed by atoms with van der Waals surface area (Å²) in [7, 11) is 3.35. The number of esters is 1. The third-order valence-corrected chi connectivity index (χ3v) is 11.3. The van der Waals surface area contributed by atoms with Crippen molar-refractivity contribution in [3.05, 3.63) is 94.4 Å². The molecule has 3 aromatic carbocycles. The Hall–Kier alpha value is -3.43. The second-order valence-corrected chi connectivity index (χ2v) is 15.1. The number of benzene rings is 3. The van der Waals surface area contributed by atoms with Gasteiger partial charge in [-0.15, -0.1) is 11.3 Å². The summed E-state index contributed by atoms with van der Waals surface area (Å²) in [6.07, 6.45) is 0.292. The number of carbonyl (C=O) groups is 1. The lowest BCUT2D eigenvalue weighted by atomic mass is 9.66. The maximum atomic E-state index is 13.4. The lowest BCUT2D eigenvalue weighted by Crippen LogP contribution is -2.42. The highest BCUT2D eigenvalue weighted by atomic mass is 32.1. The second kappa shape index (κ2) is 13.2. The predicted molar refractivity (Wildman–Crippen MR) is 182 cm³/mol. The molecule has 2 unspecified atom stereocenters. The summed E-state index contributed by atoms with van der Waals surface area (Å²) in [5.74, 6) is 2.23. The normalized spacial score (nSPS) is 25.9. The zero-order chi connectivity index (χ0) is 32.7. The zero-order valence-corrected chi connectivity index (χ0v) is 28.6. The summed E-state index contributed by atoms with van der Waals surface area (Å²) < 4.78 is 37.6. The minimum atomic E-state index is -0.534. The molecule has 0 spiro atoms. The Bertz CT molecular complexity index is 1690. The van der Waals surface area contributed by atoms with Crippen LogP contribution in [0.1, 0.15) is 60.6 Å². The van der Waals surface area contributed by atoms with E-state index in [1.54, 1.807) is 14.2 Å². The van der Waals surface area contributed by atoms with E-state index in [9.17, 15) is 4.79 Å². The molecule has 2 bridgehead atoms. The molecular weight excluding hydrogens is 612 g/mol. The molecule has 248 valence electrons. The average molecular weight is 657 g/mol. The lowest BCUT2D eigenvalue weighted by molar-refractivity contribution is -0.155. The minimum absolute atomic E-state index is 0.0177. The third-order valence-electron chi connectivity index (χ3n) is 9.94. The fourth-order valence-electron chi connectivity index (χ4n) is 8.03. The summed E-state index contributed by atoms with van der Waals surface area (Å²) in [4.78, 5) is 14.7. The van der Waals surface area contributed by atoms with Gasteiger partial charge >= 0.3 is 5.97 Å². The molecule has 2 aliphatic heterocycles. The van der Waals surface area contributed by atoms with Gasteiger partial charge in [-0.05, 0) is 73.2 Å². The Morgan fingerprint density at radius 3 is 1.94 bits per heavy atom. The van der Waals surface area contributed by atoms with Crippen LogP contribution < -0.4 is 9.47 Å². The number of thiophene rings is 1. The van der Waals surface area contributed by atoms with Crippen LogP contribution >= 0.6 is 11.3 Å². The van der Waals surface area contributed by atoms with Crippen molar-refractivity contribution in [1.82, 2.24) is 0 Å². The van der Waals surface area contributed by atoms with Crippen molar-refractivity contribution in [2.75, 3.05) is 27.4 Å². The summed E-state index contributed by atoms with van der Waals surface area (Å²) in [5.41, 5.74) is 3.03. The van der Waals surface area contributed by atoms with E-state index in [1.807, 2.05) is 80.6 Å². The second-order valence-electron chi connectivity index (χ2n) is 14.0. The number of methoxy groups -OCH3 is 2. The molecule has 47 heavy (non-hydrogen) atoms. The van der Waals surface area contributed by atoms with Gasteiger partial charge in [0.25, 0.3) is 0 Å². The lowest BCUT2D eigenvalue weighted by Gasteiger charge is -2.37. The predicted octanol–water partition coefficient (Wildman–Crippen LogP) is 7.89. The van der Waals surface area contributed by atoms with Gasteiger partial charge in [-0.2, -0.15) is 0 Å². The summed E-state index contributed by atoms with van der Waals surface area (Å²) in [5, 5.41) is 1.29. The maximum absolute atomic E-state index is 13.4. The average Bonchev–Trinajstić information content (AvgIpc) is 3.79. The van der Waals surface area contributed by atoms with Gasteiger partial charge in [-0.3, -0.25) is 4.79 Å². The van der Waals surface area contributed by atoms with Gasteiger partial charge in [0.2, 0.25) is 0 Å². The van der Waals surface area contributed by atoms with E-state index in [4.69, 9.17) is 28.4 Å². The fraction of sp³-hybridized carbons (Fsp3) is 0.462. The SMILES string of the molecule is COc1ccc(COCC2C(COCc3ccc(OC)cc3)[C@@H]3O[C@H]2[C@@H]2[C@H]3c3c(sc4ccccc34)[C@H]2CC(=O)OC(C)(C)C)cc1. The number of hydrogen-bond donors (Lipinski definition) is 0. The van der Waals surface area contributed by atoms with E-state index in [0.29, 0.717) is 32.8 Å². The number of ether oxygens (including phenoxy) is 6. The topological polar surface area (TPSA) is 72.5 Å². The van der Waals surface area contributed by atoms with Gasteiger partial charge in [0.05, 0.1) is 59.3 Å². The van der Waals surface area contributed by atoms with E-state index in [1.165, 1.54) is 20.5 Å². The standard InChI is InChI=1S/C39H44O7S/c1-39(2,3)46-32(40)18-28-33-35(34-27-8-6-7-9-31(27)47-38(28)34)37-30(22-44-20-24-12-16-26(42-5)17-13-24)29(36(33)45-37)21-43-19-23-10-14-25(41-4)15-11-23/h6-17,28-30,33,35-37H,18-22H2,1-5H3/t28-,29?,30?,33-,35-,36+,37-/m0/s1. The highest BCUT2D eigenvalue weighted by Crippen LogP contribution is 2.66. The third kappa shape index (κ3) is 6.41. The van der Waals surface area contributed by atoms with E-state index in [0.717, 1.165) is 22.6 Å². The maximum Gasteiger partial charge on any atom is 0.306 e. The first-order chi connectivity index (χ1) is 22.7. The largest absolute Gasteiger partial charge is 0.497 e. The van der Waals surface area contributed by atoms with Crippen LogP contribution in [0, 0.1) is 17.8 Å². The molecule has 0 amide bonds. The molecule has 1 aromatic heterocycles. The van der Waals surface area contributed by atoms with Crippen molar-refractivity contribution in [3.8, 4) is 11.5 Å². The molecule has 1 aliphatic carbocycles. The van der Waals surface area contributed by atoms with E-state index in [2.05, 4.69) is 24.3 Å². The van der Waals surface area contributed by atoms with Gasteiger partial charge in [0.1, 0.15) is 17.1 Å². The first kappa shape index (κ1) is 32.1. The van der Waals surface area contributed by atoms with Gasteiger partial charge in [-0.1, -0.05) is 42.5 Å². The molecule has 4 aromatic rings. The van der Waals surface area contributed by atoms with Crippen molar-refractivity contribution in [3.63, 3.8) is 0 Å². The number of carbonyl (C=O) groups excluding carboxylic acids is 1.